The van der Waals surface area contributed by atoms with Crippen LogP contribution in [-0.2, 0) is 0 Å². The van der Waals surface area contributed by atoms with Gasteiger partial charge < -0.3 is 4.98 Å². The molecule has 0 aliphatic rings. The number of imidazole rings is 1. The number of anilines is 1. The van der Waals surface area contributed by atoms with Crippen LogP contribution in [0.1, 0.15) is 17.0 Å². The smallest absolute Gasteiger partial charge is 0.167 e. The van der Waals surface area contributed by atoms with Crippen molar-refractivity contribution in [1.29, 1.82) is 0 Å². The van der Waals surface area contributed by atoms with E-state index in [2.05, 4.69) is 35.8 Å². The van der Waals surface area contributed by atoms with Gasteiger partial charge in [-0.3, -0.25) is 5.43 Å². The molecule has 0 aliphatic heterocycles. The molecule has 0 aromatic carbocycles. The van der Waals surface area contributed by atoms with Gasteiger partial charge in [0.25, 0.3) is 0 Å². The highest BCUT2D eigenvalue weighted by atomic mass is 32.1. The van der Waals surface area contributed by atoms with Crippen molar-refractivity contribution < 1.29 is 0 Å². The first-order valence-electron chi connectivity index (χ1n) is 5.73. The summed E-state index contributed by atoms with van der Waals surface area (Å²) in [5.41, 5.74) is 6.84. The van der Waals surface area contributed by atoms with E-state index < -0.39 is 0 Å². The lowest BCUT2D eigenvalue weighted by Crippen LogP contribution is -1.95. The van der Waals surface area contributed by atoms with Crippen molar-refractivity contribution in [3.63, 3.8) is 0 Å². The predicted molar refractivity (Wildman–Crippen MR) is 76.7 cm³/mol. The fraction of sp³-hybridized carbons (Fsp3) is 0.167. The largest absolute Gasteiger partial charge is 0.348 e. The van der Waals surface area contributed by atoms with Crippen LogP contribution in [0.4, 0.5) is 5.82 Å². The van der Waals surface area contributed by atoms with Crippen LogP contribution in [0.25, 0.3) is 10.2 Å². The van der Waals surface area contributed by atoms with E-state index in [0.29, 0.717) is 5.82 Å². The quantitative estimate of drug-likeness (QED) is 0.567. The van der Waals surface area contributed by atoms with Gasteiger partial charge in [0, 0.05) is 5.69 Å². The fourth-order valence-corrected chi connectivity index (χ4v) is 2.64. The molecule has 0 saturated carbocycles. The van der Waals surface area contributed by atoms with Crippen LogP contribution in [0.3, 0.4) is 0 Å². The van der Waals surface area contributed by atoms with Gasteiger partial charge in [-0.25, -0.2) is 15.0 Å². The molecule has 3 aromatic rings. The van der Waals surface area contributed by atoms with Crippen LogP contribution >= 0.6 is 11.3 Å². The highest BCUT2D eigenvalue weighted by molar-refractivity contribution is 7.18. The Balaban J connectivity index is 1.86. The summed E-state index contributed by atoms with van der Waals surface area (Å²) in [6, 6.07) is 0. The predicted octanol–water partition coefficient (Wildman–Crippen LogP) is 2.48. The van der Waals surface area contributed by atoms with Gasteiger partial charge in [-0.1, -0.05) is 0 Å². The topological polar surface area (TPSA) is 78.9 Å². The van der Waals surface area contributed by atoms with E-state index in [1.165, 1.54) is 0 Å². The van der Waals surface area contributed by atoms with Crippen LogP contribution in [0.2, 0.25) is 0 Å². The molecule has 0 atom stereocenters. The molecule has 0 spiro atoms. The van der Waals surface area contributed by atoms with E-state index in [4.69, 9.17) is 0 Å². The highest BCUT2D eigenvalue weighted by Gasteiger charge is 2.07. The maximum absolute atomic E-state index is 4.26. The first-order valence-corrected chi connectivity index (χ1v) is 6.61. The molecule has 0 unspecified atom stereocenters. The van der Waals surface area contributed by atoms with Gasteiger partial charge in [0.1, 0.15) is 12.0 Å². The molecular formula is C12H12N6S. The number of thiophene rings is 1. The molecule has 0 amide bonds. The molecule has 0 fully saturated rings. The lowest BCUT2D eigenvalue weighted by atomic mass is 10.3. The number of fused-ring (bicyclic) bond motifs is 1. The molecule has 0 aliphatic carbocycles. The minimum Gasteiger partial charge on any atom is -0.348 e. The Kier molecular flexibility index (Phi) is 2.96. The Morgan fingerprint density at radius 2 is 2.21 bits per heavy atom. The van der Waals surface area contributed by atoms with E-state index in [0.717, 1.165) is 27.2 Å². The second-order valence-corrected chi connectivity index (χ2v) is 4.98. The average Bonchev–Trinajstić information content (AvgIpc) is 2.98. The molecule has 0 radical (unpaired) electrons. The normalized spacial score (nSPS) is 11.5. The van der Waals surface area contributed by atoms with Gasteiger partial charge >= 0.3 is 0 Å². The van der Waals surface area contributed by atoms with Crippen molar-refractivity contribution in [3.05, 3.63) is 35.0 Å². The summed E-state index contributed by atoms with van der Waals surface area (Å²) < 4.78 is 1.01. The zero-order valence-electron chi connectivity index (χ0n) is 10.5. The Morgan fingerprint density at radius 3 is 3.00 bits per heavy atom. The number of hydrazone groups is 1. The van der Waals surface area contributed by atoms with Crippen LogP contribution in [-0.4, -0.2) is 26.2 Å². The van der Waals surface area contributed by atoms with Gasteiger partial charge in [-0.05, 0) is 24.8 Å². The minimum atomic E-state index is 0.715. The van der Waals surface area contributed by atoms with Crippen LogP contribution in [0.5, 0.6) is 0 Å². The van der Waals surface area contributed by atoms with Crippen molar-refractivity contribution in [2.45, 2.75) is 13.8 Å². The maximum atomic E-state index is 4.26. The highest BCUT2D eigenvalue weighted by Crippen LogP contribution is 2.28. The number of rotatable bonds is 3. The fourth-order valence-electron chi connectivity index (χ4n) is 1.70. The number of hydrogen-bond acceptors (Lipinski definition) is 6. The monoisotopic (exact) mass is 272 g/mol. The Bertz CT molecular complexity index is 742. The molecule has 96 valence electrons. The van der Waals surface area contributed by atoms with Gasteiger partial charge in [0.2, 0.25) is 0 Å². The zero-order chi connectivity index (χ0) is 13.2. The van der Waals surface area contributed by atoms with E-state index in [1.54, 1.807) is 30.2 Å². The summed E-state index contributed by atoms with van der Waals surface area (Å²) in [7, 11) is 0. The minimum absolute atomic E-state index is 0.715. The third-order valence-corrected chi connectivity index (χ3v) is 3.85. The maximum Gasteiger partial charge on any atom is 0.167 e. The SMILES string of the molecule is Cc1[nH]cnc1C=NNc1ncnc2c(C)csc12. The molecule has 6 nitrogen and oxygen atoms in total. The first-order chi connectivity index (χ1) is 9.25. The van der Waals surface area contributed by atoms with Gasteiger partial charge in [-0.2, -0.15) is 5.10 Å². The number of hydrogen-bond donors (Lipinski definition) is 2. The van der Waals surface area contributed by atoms with Gasteiger partial charge in [-0.15, -0.1) is 11.3 Å². The second-order valence-electron chi connectivity index (χ2n) is 4.10. The van der Waals surface area contributed by atoms with Crippen molar-refractivity contribution in [2.24, 2.45) is 5.10 Å². The van der Waals surface area contributed by atoms with Gasteiger partial charge in [0.15, 0.2) is 5.82 Å². The van der Waals surface area contributed by atoms with Crippen molar-refractivity contribution >= 4 is 33.6 Å². The number of nitrogens with one attached hydrogen (secondary N) is 2. The molecule has 3 heterocycles. The Labute approximate surface area is 113 Å². The molecule has 19 heavy (non-hydrogen) atoms. The van der Waals surface area contributed by atoms with Crippen molar-refractivity contribution in [1.82, 2.24) is 19.9 Å². The molecular weight excluding hydrogens is 260 g/mol. The summed E-state index contributed by atoms with van der Waals surface area (Å²) in [6.45, 7) is 3.98. The van der Waals surface area contributed by atoms with E-state index in [9.17, 15) is 0 Å². The second kappa shape index (κ2) is 4.77. The molecule has 2 N–H and O–H groups in total. The molecule has 0 bridgehead atoms. The zero-order valence-corrected chi connectivity index (χ0v) is 11.3. The molecule has 3 aromatic heterocycles. The lowest BCUT2D eigenvalue weighted by Gasteiger charge is -1.99. The number of H-pyrrole nitrogens is 1. The summed E-state index contributed by atoms with van der Waals surface area (Å²) >= 11 is 1.61. The van der Waals surface area contributed by atoms with Crippen LogP contribution in [0, 0.1) is 13.8 Å². The number of aryl methyl sites for hydroxylation is 2. The van der Waals surface area contributed by atoms with Gasteiger partial charge in [0.05, 0.1) is 22.8 Å². The summed E-state index contributed by atoms with van der Waals surface area (Å²) in [5, 5.41) is 6.22. The summed E-state index contributed by atoms with van der Waals surface area (Å²) in [6.07, 6.45) is 4.85. The van der Waals surface area contributed by atoms with Crippen LogP contribution in [0.15, 0.2) is 23.1 Å². The molecule has 7 heteroatoms. The first kappa shape index (κ1) is 11.8. The van der Waals surface area contributed by atoms with Crippen molar-refractivity contribution in [3.8, 4) is 0 Å². The van der Waals surface area contributed by atoms with E-state index in [-0.39, 0.29) is 0 Å². The van der Waals surface area contributed by atoms with Crippen molar-refractivity contribution in [2.75, 3.05) is 5.43 Å². The molecule has 0 saturated heterocycles. The number of aromatic amines is 1. The lowest BCUT2D eigenvalue weighted by molar-refractivity contribution is 1.18. The third kappa shape index (κ3) is 2.19. The summed E-state index contributed by atoms with van der Waals surface area (Å²) in [5.74, 6) is 0.715. The third-order valence-electron chi connectivity index (χ3n) is 2.76. The standard InChI is InChI=1S/C12H12N6S/c1-7-4-19-11-10(7)15-6-16-12(11)18-17-3-9-8(2)13-5-14-9/h3-6H,1-2H3,(H,13,14)(H,15,16,18). The Hall–Kier alpha value is -2.28. The van der Waals surface area contributed by atoms with E-state index >= 15 is 0 Å². The van der Waals surface area contributed by atoms with E-state index in [1.807, 2.05) is 13.8 Å². The molecule has 3 rings (SSSR count). The Morgan fingerprint density at radius 1 is 1.32 bits per heavy atom. The number of aromatic nitrogens is 4. The number of nitrogens with zero attached hydrogens (tertiary/aromatic N) is 4. The van der Waals surface area contributed by atoms with Crippen LogP contribution < -0.4 is 5.43 Å². The average molecular weight is 272 g/mol. The summed E-state index contributed by atoms with van der Waals surface area (Å²) in [4.78, 5) is 15.6.